The zero-order valence-corrected chi connectivity index (χ0v) is 16.2. The first-order valence-electron chi connectivity index (χ1n) is 9.40. The first kappa shape index (κ1) is 18.7. The highest BCUT2D eigenvalue weighted by Gasteiger charge is 2.16. The standard InChI is InChI=1S/C21H21FN4OS/c22-16-7-11-18(12-8-16)28-14-20(27)23-17-9-5-15(6-10-17)21-25-24-19-4-2-1-3-13-26(19)21/h5-12H,1-4,13-14H2,(H,23,27). The number of rotatable bonds is 5. The van der Waals surface area contributed by atoms with E-state index < -0.39 is 0 Å². The highest BCUT2D eigenvalue weighted by atomic mass is 32.2. The molecule has 0 atom stereocenters. The van der Waals surface area contributed by atoms with Crippen molar-refractivity contribution in [2.45, 2.75) is 37.1 Å². The number of halogens is 1. The largest absolute Gasteiger partial charge is 0.325 e. The fourth-order valence-corrected chi connectivity index (χ4v) is 3.98. The van der Waals surface area contributed by atoms with Gasteiger partial charge in [0.05, 0.1) is 5.75 Å². The lowest BCUT2D eigenvalue weighted by Gasteiger charge is -2.09. The van der Waals surface area contributed by atoms with E-state index >= 15 is 0 Å². The van der Waals surface area contributed by atoms with Crippen molar-refractivity contribution in [3.63, 3.8) is 0 Å². The van der Waals surface area contributed by atoms with Gasteiger partial charge in [0.15, 0.2) is 5.82 Å². The van der Waals surface area contributed by atoms with Gasteiger partial charge in [-0.05, 0) is 61.4 Å². The van der Waals surface area contributed by atoms with Crippen LogP contribution in [0.5, 0.6) is 0 Å². The number of hydrogen-bond acceptors (Lipinski definition) is 4. The van der Waals surface area contributed by atoms with Crippen LogP contribution >= 0.6 is 11.8 Å². The van der Waals surface area contributed by atoms with Gasteiger partial charge in [-0.15, -0.1) is 22.0 Å². The Bertz CT molecular complexity index is 954. The predicted molar refractivity (Wildman–Crippen MR) is 109 cm³/mol. The summed E-state index contributed by atoms with van der Waals surface area (Å²) < 4.78 is 15.1. The summed E-state index contributed by atoms with van der Waals surface area (Å²) in [6, 6.07) is 13.8. The number of aromatic nitrogens is 3. The minimum Gasteiger partial charge on any atom is -0.325 e. The number of anilines is 1. The number of fused-ring (bicyclic) bond motifs is 1. The highest BCUT2D eigenvalue weighted by molar-refractivity contribution is 8.00. The number of thioether (sulfide) groups is 1. The molecule has 0 spiro atoms. The van der Waals surface area contributed by atoms with E-state index in [0.717, 1.165) is 47.2 Å². The van der Waals surface area contributed by atoms with E-state index in [1.54, 1.807) is 12.1 Å². The van der Waals surface area contributed by atoms with Gasteiger partial charge in [0, 0.05) is 29.1 Å². The number of nitrogens with zero attached hydrogens (tertiary/aromatic N) is 3. The summed E-state index contributed by atoms with van der Waals surface area (Å²) >= 11 is 1.37. The maximum atomic E-state index is 12.9. The first-order chi connectivity index (χ1) is 13.7. The van der Waals surface area contributed by atoms with Gasteiger partial charge in [0.2, 0.25) is 5.91 Å². The molecule has 3 aromatic rings. The van der Waals surface area contributed by atoms with E-state index in [4.69, 9.17) is 0 Å². The Hall–Kier alpha value is -2.67. The molecule has 7 heteroatoms. The van der Waals surface area contributed by atoms with Crippen molar-refractivity contribution in [1.82, 2.24) is 14.8 Å². The molecule has 0 unspecified atom stereocenters. The third kappa shape index (κ3) is 4.42. The van der Waals surface area contributed by atoms with Crippen LogP contribution < -0.4 is 5.32 Å². The third-order valence-corrected chi connectivity index (χ3v) is 5.73. The van der Waals surface area contributed by atoms with Gasteiger partial charge in [0.1, 0.15) is 11.6 Å². The molecule has 0 fully saturated rings. The maximum Gasteiger partial charge on any atom is 0.234 e. The SMILES string of the molecule is O=C(CSc1ccc(F)cc1)Nc1ccc(-c2nnc3n2CCCCC3)cc1. The molecule has 1 N–H and O–H groups in total. The molecular weight excluding hydrogens is 375 g/mol. The maximum absolute atomic E-state index is 12.9. The molecule has 28 heavy (non-hydrogen) atoms. The Morgan fingerprint density at radius 2 is 1.82 bits per heavy atom. The summed E-state index contributed by atoms with van der Waals surface area (Å²) in [5, 5.41) is 11.6. The number of benzene rings is 2. The van der Waals surface area contributed by atoms with Crippen LogP contribution in [0.25, 0.3) is 11.4 Å². The van der Waals surface area contributed by atoms with E-state index in [-0.39, 0.29) is 17.5 Å². The van der Waals surface area contributed by atoms with E-state index in [1.165, 1.54) is 36.7 Å². The van der Waals surface area contributed by atoms with E-state index in [9.17, 15) is 9.18 Å². The number of aryl methyl sites for hydroxylation is 1. The molecule has 5 nitrogen and oxygen atoms in total. The molecule has 2 heterocycles. The lowest BCUT2D eigenvalue weighted by atomic mass is 10.2. The minimum absolute atomic E-state index is 0.0987. The first-order valence-corrected chi connectivity index (χ1v) is 10.4. The number of carbonyl (C=O) groups excluding carboxylic acids is 1. The fraction of sp³-hybridized carbons (Fsp3) is 0.286. The van der Waals surface area contributed by atoms with Gasteiger partial charge < -0.3 is 9.88 Å². The summed E-state index contributed by atoms with van der Waals surface area (Å²) in [5.41, 5.74) is 1.74. The molecule has 1 aliphatic heterocycles. The molecule has 2 aromatic carbocycles. The molecule has 0 saturated carbocycles. The van der Waals surface area contributed by atoms with Crippen LogP contribution in [0.1, 0.15) is 25.1 Å². The normalized spacial score (nSPS) is 13.6. The van der Waals surface area contributed by atoms with Gasteiger partial charge in [0.25, 0.3) is 0 Å². The average molecular weight is 396 g/mol. The van der Waals surface area contributed by atoms with Crippen LogP contribution in [-0.4, -0.2) is 26.4 Å². The second-order valence-electron chi connectivity index (χ2n) is 6.77. The molecule has 0 radical (unpaired) electrons. The molecule has 0 aliphatic carbocycles. The van der Waals surface area contributed by atoms with E-state index in [0.29, 0.717) is 0 Å². The van der Waals surface area contributed by atoms with Gasteiger partial charge in [-0.2, -0.15) is 0 Å². The minimum atomic E-state index is -0.279. The van der Waals surface area contributed by atoms with Crippen LogP contribution in [0, 0.1) is 5.82 Å². The lowest BCUT2D eigenvalue weighted by molar-refractivity contribution is -0.113. The zero-order chi connectivity index (χ0) is 19.3. The van der Waals surface area contributed by atoms with Crippen molar-refractivity contribution >= 4 is 23.4 Å². The van der Waals surface area contributed by atoms with Crippen LogP contribution in [0.2, 0.25) is 0 Å². The number of carbonyl (C=O) groups is 1. The topological polar surface area (TPSA) is 59.8 Å². The van der Waals surface area contributed by atoms with Crippen LogP contribution in [0.15, 0.2) is 53.4 Å². The van der Waals surface area contributed by atoms with Crippen LogP contribution in [-0.2, 0) is 17.8 Å². The Morgan fingerprint density at radius 3 is 2.61 bits per heavy atom. The van der Waals surface area contributed by atoms with Crippen molar-refractivity contribution in [2.75, 3.05) is 11.1 Å². The summed E-state index contributed by atoms with van der Waals surface area (Å²) in [5.74, 6) is 1.84. The van der Waals surface area contributed by atoms with Crippen molar-refractivity contribution < 1.29 is 9.18 Å². The second-order valence-corrected chi connectivity index (χ2v) is 7.82. The fourth-order valence-electron chi connectivity index (χ4n) is 3.28. The van der Waals surface area contributed by atoms with Gasteiger partial charge in [-0.3, -0.25) is 4.79 Å². The molecule has 1 amide bonds. The summed E-state index contributed by atoms with van der Waals surface area (Å²) in [7, 11) is 0. The monoisotopic (exact) mass is 396 g/mol. The quantitative estimate of drug-likeness (QED) is 0.643. The summed E-state index contributed by atoms with van der Waals surface area (Å²) in [6.45, 7) is 0.955. The van der Waals surface area contributed by atoms with E-state index in [1.807, 2.05) is 24.3 Å². The summed E-state index contributed by atoms with van der Waals surface area (Å²) in [6.07, 6.45) is 4.52. The highest BCUT2D eigenvalue weighted by Crippen LogP contribution is 2.24. The Balaban J connectivity index is 1.37. The second kappa shape index (κ2) is 8.56. The molecule has 4 rings (SSSR count). The molecular formula is C21H21FN4OS. The van der Waals surface area contributed by atoms with Gasteiger partial charge in [-0.1, -0.05) is 6.42 Å². The van der Waals surface area contributed by atoms with Crippen molar-refractivity contribution in [3.8, 4) is 11.4 Å². The Kier molecular flexibility index (Phi) is 5.71. The van der Waals surface area contributed by atoms with Crippen molar-refractivity contribution in [3.05, 3.63) is 60.2 Å². The van der Waals surface area contributed by atoms with Crippen LogP contribution in [0.3, 0.4) is 0 Å². The lowest BCUT2D eigenvalue weighted by Crippen LogP contribution is -2.13. The Morgan fingerprint density at radius 1 is 1.04 bits per heavy atom. The summed E-state index contributed by atoms with van der Waals surface area (Å²) in [4.78, 5) is 13.0. The molecule has 0 saturated heterocycles. The number of nitrogens with one attached hydrogen (secondary N) is 1. The number of amides is 1. The third-order valence-electron chi connectivity index (χ3n) is 4.72. The predicted octanol–water partition coefficient (Wildman–Crippen LogP) is 4.54. The van der Waals surface area contributed by atoms with Crippen LogP contribution in [0.4, 0.5) is 10.1 Å². The van der Waals surface area contributed by atoms with Crippen molar-refractivity contribution in [1.29, 1.82) is 0 Å². The molecule has 144 valence electrons. The van der Waals surface area contributed by atoms with E-state index in [2.05, 4.69) is 20.1 Å². The zero-order valence-electron chi connectivity index (χ0n) is 15.4. The molecule has 0 bridgehead atoms. The smallest absolute Gasteiger partial charge is 0.234 e. The molecule has 1 aliphatic rings. The Labute approximate surface area is 167 Å². The van der Waals surface area contributed by atoms with Gasteiger partial charge >= 0.3 is 0 Å². The van der Waals surface area contributed by atoms with Crippen molar-refractivity contribution in [2.24, 2.45) is 0 Å². The number of hydrogen-bond donors (Lipinski definition) is 1. The molecule has 1 aromatic heterocycles. The van der Waals surface area contributed by atoms with Gasteiger partial charge in [-0.25, -0.2) is 4.39 Å². The average Bonchev–Trinajstić information content (AvgIpc) is 2.96.